The molecular formula is C11H13NO2. The minimum absolute atomic E-state index is 0.308. The van der Waals surface area contributed by atoms with Crippen molar-refractivity contribution < 1.29 is 9.47 Å². The summed E-state index contributed by atoms with van der Waals surface area (Å²) in [5.74, 6) is 1.84. The van der Waals surface area contributed by atoms with Crippen LogP contribution in [0.1, 0.15) is 17.5 Å². The molecule has 1 aromatic carbocycles. The number of rotatable bonds is 0. The summed E-state index contributed by atoms with van der Waals surface area (Å²) in [6.07, 6.45) is 3.03. The molecule has 2 N–H and O–H groups in total. The lowest BCUT2D eigenvalue weighted by molar-refractivity contribution is 0.173. The highest BCUT2D eigenvalue weighted by atomic mass is 16.7. The number of hydrogen-bond acceptors (Lipinski definition) is 3. The van der Waals surface area contributed by atoms with Gasteiger partial charge in [-0.15, -0.1) is 0 Å². The van der Waals surface area contributed by atoms with Crippen molar-refractivity contribution in [2.45, 2.75) is 25.3 Å². The average Bonchev–Trinajstić information content (AvgIpc) is 2.65. The molecule has 0 aromatic heterocycles. The van der Waals surface area contributed by atoms with Gasteiger partial charge < -0.3 is 15.2 Å². The Balaban J connectivity index is 2.10. The Bertz CT molecular complexity index is 376. The van der Waals surface area contributed by atoms with Crippen LogP contribution in [0.3, 0.4) is 0 Å². The molecule has 1 aliphatic carbocycles. The van der Waals surface area contributed by atoms with Gasteiger partial charge in [-0.2, -0.15) is 0 Å². The highest BCUT2D eigenvalue weighted by Gasteiger charge is 2.24. The van der Waals surface area contributed by atoms with Gasteiger partial charge in [0.1, 0.15) is 0 Å². The van der Waals surface area contributed by atoms with Gasteiger partial charge >= 0.3 is 0 Å². The van der Waals surface area contributed by atoms with Crippen LogP contribution < -0.4 is 15.2 Å². The summed E-state index contributed by atoms with van der Waals surface area (Å²) in [6.45, 7) is 0.359. The van der Waals surface area contributed by atoms with Crippen molar-refractivity contribution in [2.24, 2.45) is 5.73 Å². The zero-order valence-corrected chi connectivity index (χ0v) is 7.95. The molecule has 3 nitrogen and oxygen atoms in total. The van der Waals surface area contributed by atoms with Gasteiger partial charge in [0.05, 0.1) is 0 Å². The van der Waals surface area contributed by atoms with Gasteiger partial charge in [-0.25, -0.2) is 0 Å². The predicted molar refractivity (Wildman–Crippen MR) is 52.6 cm³/mol. The van der Waals surface area contributed by atoms with E-state index in [1.807, 2.05) is 6.07 Å². The third-order valence-corrected chi connectivity index (χ3v) is 2.99. The van der Waals surface area contributed by atoms with E-state index in [4.69, 9.17) is 15.2 Å². The maximum atomic E-state index is 5.92. The summed E-state index contributed by atoms with van der Waals surface area (Å²) in [5, 5.41) is 0. The molecule has 0 saturated heterocycles. The first-order valence-corrected chi connectivity index (χ1v) is 5.00. The van der Waals surface area contributed by atoms with Crippen LogP contribution in [0.25, 0.3) is 0 Å². The fourth-order valence-electron chi connectivity index (χ4n) is 2.25. The Labute approximate surface area is 82.8 Å². The van der Waals surface area contributed by atoms with Crippen molar-refractivity contribution >= 4 is 0 Å². The third-order valence-electron chi connectivity index (χ3n) is 2.99. The van der Waals surface area contributed by atoms with Gasteiger partial charge in [0.15, 0.2) is 11.5 Å². The lowest BCUT2D eigenvalue weighted by Gasteiger charge is -2.22. The summed E-state index contributed by atoms with van der Waals surface area (Å²) in [6, 6.07) is 4.41. The number of nitrogens with two attached hydrogens (primary N) is 1. The molecule has 0 spiro atoms. The molecule has 3 rings (SSSR count). The highest BCUT2D eigenvalue weighted by molar-refractivity contribution is 5.53. The molecule has 1 aromatic rings. The topological polar surface area (TPSA) is 44.5 Å². The van der Waals surface area contributed by atoms with Gasteiger partial charge in [0, 0.05) is 11.6 Å². The van der Waals surface area contributed by atoms with E-state index in [0.29, 0.717) is 12.8 Å². The first kappa shape index (κ1) is 8.12. The van der Waals surface area contributed by atoms with E-state index in [1.165, 1.54) is 11.1 Å². The Morgan fingerprint density at radius 2 is 2.21 bits per heavy atom. The van der Waals surface area contributed by atoms with E-state index in [-0.39, 0.29) is 0 Å². The SMILES string of the molecule is N[C@@H]1CCc2c(ccc3c2OCO3)C1. The maximum absolute atomic E-state index is 5.92. The zero-order chi connectivity index (χ0) is 9.54. The first-order valence-electron chi connectivity index (χ1n) is 5.00. The smallest absolute Gasteiger partial charge is 0.231 e. The molecule has 0 saturated carbocycles. The second kappa shape index (κ2) is 2.89. The third kappa shape index (κ3) is 1.09. The lowest BCUT2D eigenvalue weighted by Crippen LogP contribution is -2.27. The fourth-order valence-corrected chi connectivity index (χ4v) is 2.25. The summed E-state index contributed by atoms with van der Waals surface area (Å²) < 4.78 is 10.8. The second-order valence-electron chi connectivity index (χ2n) is 3.94. The molecule has 3 heteroatoms. The molecule has 0 unspecified atom stereocenters. The fraction of sp³-hybridized carbons (Fsp3) is 0.455. The largest absolute Gasteiger partial charge is 0.454 e. The van der Waals surface area contributed by atoms with Gasteiger partial charge in [0.25, 0.3) is 0 Å². The van der Waals surface area contributed by atoms with Gasteiger partial charge in [-0.3, -0.25) is 0 Å². The Kier molecular flexibility index (Phi) is 1.67. The summed E-state index contributed by atoms with van der Waals surface area (Å²) >= 11 is 0. The number of ether oxygens (including phenoxy) is 2. The van der Waals surface area contributed by atoms with Crippen molar-refractivity contribution in [1.82, 2.24) is 0 Å². The van der Waals surface area contributed by atoms with Gasteiger partial charge in [-0.05, 0) is 30.9 Å². The second-order valence-corrected chi connectivity index (χ2v) is 3.94. The average molecular weight is 191 g/mol. The number of benzene rings is 1. The first-order chi connectivity index (χ1) is 6.84. The van der Waals surface area contributed by atoms with E-state index < -0.39 is 0 Å². The maximum Gasteiger partial charge on any atom is 0.231 e. The molecule has 74 valence electrons. The predicted octanol–water partition coefficient (Wildman–Crippen LogP) is 1.23. The number of hydrogen-bond donors (Lipinski definition) is 1. The summed E-state index contributed by atoms with van der Waals surface area (Å²) in [7, 11) is 0. The normalized spacial score (nSPS) is 23.4. The van der Waals surface area contributed by atoms with Gasteiger partial charge in [-0.1, -0.05) is 6.07 Å². The summed E-state index contributed by atoms with van der Waals surface area (Å²) in [5.41, 5.74) is 8.56. The Morgan fingerprint density at radius 1 is 1.29 bits per heavy atom. The minimum Gasteiger partial charge on any atom is -0.454 e. The van der Waals surface area contributed by atoms with E-state index in [9.17, 15) is 0 Å². The van der Waals surface area contributed by atoms with Crippen molar-refractivity contribution in [1.29, 1.82) is 0 Å². The summed E-state index contributed by atoms with van der Waals surface area (Å²) in [4.78, 5) is 0. The molecule has 0 radical (unpaired) electrons. The van der Waals surface area contributed by atoms with Crippen LogP contribution in [0, 0.1) is 0 Å². The quantitative estimate of drug-likeness (QED) is 0.670. The van der Waals surface area contributed by atoms with E-state index in [2.05, 4.69) is 6.07 Å². The molecular weight excluding hydrogens is 178 g/mol. The molecule has 1 aliphatic heterocycles. The van der Waals surface area contributed by atoms with Crippen molar-refractivity contribution in [3.63, 3.8) is 0 Å². The van der Waals surface area contributed by atoms with Crippen LogP contribution in [-0.4, -0.2) is 12.8 Å². The highest BCUT2D eigenvalue weighted by Crippen LogP contribution is 2.40. The molecule has 0 amide bonds. The number of fused-ring (bicyclic) bond motifs is 3. The Hall–Kier alpha value is -1.22. The van der Waals surface area contributed by atoms with E-state index in [0.717, 1.165) is 30.8 Å². The minimum atomic E-state index is 0.308. The molecule has 1 heterocycles. The molecule has 0 bridgehead atoms. The lowest BCUT2D eigenvalue weighted by atomic mass is 9.88. The Morgan fingerprint density at radius 3 is 3.14 bits per heavy atom. The van der Waals surface area contributed by atoms with Crippen molar-refractivity contribution in [3.05, 3.63) is 23.3 Å². The van der Waals surface area contributed by atoms with Crippen LogP contribution in [0.15, 0.2) is 12.1 Å². The van der Waals surface area contributed by atoms with Crippen LogP contribution in [0.5, 0.6) is 11.5 Å². The zero-order valence-electron chi connectivity index (χ0n) is 7.95. The van der Waals surface area contributed by atoms with E-state index in [1.54, 1.807) is 0 Å². The van der Waals surface area contributed by atoms with Crippen molar-refractivity contribution in [3.8, 4) is 11.5 Å². The molecule has 1 atom stereocenters. The van der Waals surface area contributed by atoms with Crippen LogP contribution in [0.4, 0.5) is 0 Å². The van der Waals surface area contributed by atoms with E-state index >= 15 is 0 Å². The monoisotopic (exact) mass is 191 g/mol. The molecule has 0 fully saturated rings. The van der Waals surface area contributed by atoms with Gasteiger partial charge in [0.2, 0.25) is 6.79 Å². The van der Waals surface area contributed by atoms with Crippen LogP contribution in [-0.2, 0) is 12.8 Å². The van der Waals surface area contributed by atoms with Crippen molar-refractivity contribution in [2.75, 3.05) is 6.79 Å². The standard InChI is InChI=1S/C11H13NO2/c12-8-2-3-9-7(5-8)1-4-10-11(9)14-6-13-10/h1,4,8H,2-3,5-6,12H2/t8-/m1/s1. The van der Waals surface area contributed by atoms with Crippen LogP contribution in [0.2, 0.25) is 0 Å². The molecule has 14 heavy (non-hydrogen) atoms. The van der Waals surface area contributed by atoms with Crippen LogP contribution >= 0.6 is 0 Å². The molecule has 2 aliphatic rings.